The van der Waals surface area contributed by atoms with Gasteiger partial charge in [-0.3, -0.25) is 0 Å². The molecular weight excluding hydrogens is 212 g/mol. The van der Waals surface area contributed by atoms with E-state index >= 15 is 0 Å². The minimum absolute atomic E-state index is 0.366. The van der Waals surface area contributed by atoms with Gasteiger partial charge in [0, 0.05) is 19.5 Å². The third-order valence-electron chi connectivity index (χ3n) is 3.78. The van der Waals surface area contributed by atoms with E-state index in [0.29, 0.717) is 5.41 Å². The molecular formula is C13H24N4. The van der Waals surface area contributed by atoms with E-state index in [0.717, 1.165) is 31.9 Å². The van der Waals surface area contributed by atoms with Crippen molar-refractivity contribution in [3.63, 3.8) is 0 Å². The Balaban J connectivity index is 1.89. The summed E-state index contributed by atoms with van der Waals surface area (Å²) in [5, 5.41) is 12.1. The molecule has 1 aromatic rings. The first-order chi connectivity index (χ1) is 8.12. The third-order valence-corrected chi connectivity index (χ3v) is 3.78. The van der Waals surface area contributed by atoms with E-state index < -0.39 is 0 Å². The molecule has 0 spiro atoms. The molecule has 0 aliphatic carbocycles. The number of hydrogen-bond donors (Lipinski definition) is 1. The Morgan fingerprint density at radius 2 is 2.12 bits per heavy atom. The van der Waals surface area contributed by atoms with Crippen LogP contribution in [0.3, 0.4) is 0 Å². The average molecular weight is 236 g/mol. The largest absolute Gasteiger partial charge is 0.314 e. The zero-order chi connectivity index (χ0) is 12.3. The van der Waals surface area contributed by atoms with E-state index in [9.17, 15) is 0 Å². The Morgan fingerprint density at radius 1 is 1.29 bits per heavy atom. The maximum absolute atomic E-state index is 4.29. The van der Waals surface area contributed by atoms with Crippen molar-refractivity contribution in [2.45, 2.75) is 59.5 Å². The highest BCUT2D eigenvalue weighted by Crippen LogP contribution is 2.18. The highest BCUT2D eigenvalue weighted by atomic mass is 15.3. The van der Waals surface area contributed by atoms with Crippen LogP contribution in [0.2, 0.25) is 0 Å². The van der Waals surface area contributed by atoms with Crippen molar-refractivity contribution >= 4 is 0 Å². The molecule has 0 saturated carbocycles. The molecule has 96 valence electrons. The molecule has 0 atom stereocenters. The van der Waals surface area contributed by atoms with Crippen LogP contribution in [-0.2, 0) is 19.5 Å². The van der Waals surface area contributed by atoms with Crippen molar-refractivity contribution < 1.29 is 0 Å². The SMILES string of the molecule is CCC(C)(C)CNCc1nnc2n1CCCC2. The molecule has 0 unspecified atom stereocenters. The van der Waals surface area contributed by atoms with Crippen molar-refractivity contribution in [1.29, 1.82) is 0 Å². The number of hydrogen-bond acceptors (Lipinski definition) is 3. The fraction of sp³-hybridized carbons (Fsp3) is 0.846. The molecule has 0 bridgehead atoms. The fourth-order valence-electron chi connectivity index (χ4n) is 2.14. The molecule has 4 nitrogen and oxygen atoms in total. The molecule has 1 N–H and O–H groups in total. The van der Waals surface area contributed by atoms with Crippen LogP contribution in [0.5, 0.6) is 0 Å². The molecule has 2 heterocycles. The van der Waals surface area contributed by atoms with E-state index in [4.69, 9.17) is 0 Å². The lowest BCUT2D eigenvalue weighted by atomic mass is 9.90. The van der Waals surface area contributed by atoms with Crippen molar-refractivity contribution in [1.82, 2.24) is 20.1 Å². The Kier molecular flexibility index (Phi) is 3.82. The highest BCUT2D eigenvalue weighted by molar-refractivity contribution is 4.98. The van der Waals surface area contributed by atoms with Crippen LogP contribution in [0.4, 0.5) is 0 Å². The molecule has 1 aliphatic rings. The van der Waals surface area contributed by atoms with Gasteiger partial charge in [-0.25, -0.2) is 0 Å². The first-order valence-corrected chi connectivity index (χ1v) is 6.74. The molecule has 0 saturated heterocycles. The molecule has 1 aliphatic heterocycles. The second-order valence-corrected chi connectivity index (χ2v) is 5.76. The van der Waals surface area contributed by atoms with Gasteiger partial charge in [-0.2, -0.15) is 0 Å². The summed E-state index contributed by atoms with van der Waals surface area (Å²) >= 11 is 0. The van der Waals surface area contributed by atoms with Gasteiger partial charge in [0.2, 0.25) is 0 Å². The van der Waals surface area contributed by atoms with Crippen LogP contribution >= 0.6 is 0 Å². The summed E-state index contributed by atoms with van der Waals surface area (Å²) in [6, 6.07) is 0. The van der Waals surface area contributed by atoms with Crippen LogP contribution < -0.4 is 5.32 Å². The fourth-order valence-corrected chi connectivity index (χ4v) is 2.14. The first kappa shape index (κ1) is 12.6. The van der Waals surface area contributed by atoms with E-state index in [1.54, 1.807) is 0 Å². The van der Waals surface area contributed by atoms with Crippen LogP contribution in [0.25, 0.3) is 0 Å². The van der Waals surface area contributed by atoms with Gasteiger partial charge in [-0.1, -0.05) is 20.8 Å². The van der Waals surface area contributed by atoms with Gasteiger partial charge in [0.25, 0.3) is 0 Å². The molecule has 2 rings (SSSR count). The second-order valence-electron chi connectivity index (χ2n) is 5.76. The predicted molar refractivity (Wildman–Crippen MR) is 68.7 cm³/mol. The van der Waals surface area contributed by atoms with Crippen LogP contribution in [0.15, 0.2) is 0 Å². The molecule has 0 amide bonds. The van der Waals surface area contributed by atoms with Crippen LogP contribution in [-0.4, -0.2) is 21.3 Å². The zero-order valence-corrected chi connectivity index (χ0v) is 11.3. The Bertz CT molecular complexity index is 367. The Morgan fingerprint density at radius 3 is 2.88 bits per heavy atom. The summed E-state index contributed by atoms with van der Waals surface area (Å²) in [6.45, 7) is 9.79. The summed E-state index contributed by atoms with van der Waals surface area (Å²) in [6.07, 6.45) is 4.80. The van der Waals surface area contributed by atoms with Crippen molar-refractivity contribution in [3.8, 4) is 0 Å². The number of fused-ring (bicyclic) bond motifs is 1. The van der Waals surface area contributed by atoms with E-state index in [1.165, 1.54) is 25.1 Å². The molecule has 1 aromatic heterocycles. The van der Waals surface area contributed by atoms with E-state index in [2.05, 4.69) is 40.9 Å². The number of aryl methyl sites for hydroxylation is 1. The number of aromatic nitrogens is 3. The maximum Gasteiger partial charge on any atom is 0.147 e. The smallest absolute Gasteiger partial charge is 0.147 e. The predicted octanol–water partition coefficient (Wildman–Crippen LogP) is 2.14. The summed E-state index contributed by atoms with van der Waals surface area (Å²) in [4.78, 5) is 0. The normalized spacial score (nSPS) is 15.9. The van der Waals surface area contributed by atoms with Crippen LogP contribution in [0, 0.1) is 5.41 Å². The van der Waals surface area contributed by atoms with Crippen LogP contribution in [0.1, 0.15) is 51.7 Å². The van der Waals surface area contributed by atoms with Gasteiger partial charge in [0.05, 0.1) is 6.54 Å². The molecule has 4 heteroatoms. The molecule has 0 fully saturated rings. The molecule has 17 heavy (non-hydrogen) atoms. The summed E-state index contributed by atoms with van der Waals surface area (Å²) < 4.78 is 2.29. The van der Waals surface area contributed by atoms with Crippen molar-refractivity contribution in [2.75, 3.05) is 6.54 Å². The minimum atomic E-state index is 0.366. The lowest BCUT2D eigenvalue weighted by molar-refractivity contribution is 0.324. The monoisotopic (exact) mass is 236 g/mol. The van der Waals surface area contributed by atoms with Gasteiger partial charge in [0.15, 0.2) is 0 Å². The number of nitrogens with one attached hydrogen (secondary N) is 1. The second kappa shape index (κ2) is 5.17. The highest BCUT2D eigenvalue weighted by Gasteiger charge is 2.17. The van der Waals surface area contributed by atoms with Crippen molar-refractivity contribution in [2.24, 2.45) is 5.41 Å². The summed E-state index contributed by atoms with van der Waals surface area (Å²) in [5.41, 5.74) is 0.366. The van der Waals surface area contributed by atoms with Gasteiger partial charge in [0.1, 0.15) is 11.6 Å². The molecule has 0 aromatic carbocycles. The summed E-state index contributed by atoms with van der Waals surface area (Å²) in [7, 11) is 0. The van der Waals surface area contributed by atoms with Gasteiger partial charge in [-0.15, -0.1) is 10.2 Å². The lowest BCUT2D eigenvalue weighted by Crippen LogP contribution is -2.29. The van der Waals surface area contributed by atoms with Gasteiger partial charge in [-0.05, 0) is 24.7 Å². The van der Waals surface area contributed by atoms with Crippen molar-refractivity contribution in [3.05, 3.63) is 11.6 Å². The minimum Gasteiger partial charge on any atom is -0.314 e. The third kappa shape index (κ3) is 3.06. The van der Waals surface area contributed by atoms with Gasteiger partial charge < -0.3 is 9.88 Å². The maximum atomic E-state index is 4.29. The Labute approximate surface area is 104 Å². The lowest BCUT2D eigenvalue weighted by Gasteiger charge is -2.23. The Hall–Kier alpha value is -0.900. The van der Waals surface area contributed by atoms with E-state index in [-0.39, 0.29) is 0 Å². The average Bonchev–Trinajstić information content (AvgIpc) is 2.73. The molecule has 0 radical (unpaired) electrons. The number of rotatable bonds is 5. The standard InChI is InChI=1S/C13H24N4/c1-4-13(2,3)10-14-9-12-16-15-11-7-5-6-8-17(11)12/h14H,4-10H2,1-3H3. The zero-order valence-electron chi connectivity index (χ0n) is 11.3. The quantitative estimate of drug-likeness (QED) is 0.851. The van der Waals surface area contributed by atoms with E-state index in [1.807, 2.05) is 0 Å². The number of nitrogens with zero attached hydrogens (tertiary/aromatic N) is 3. The topological polar surface area (TPSA) is 42.7 Å². The summed E-state index contributed by atoms with van der Waals surface area (Å²) in [5.74, 6) is 2.27. The van der Waals surface area contributed by atoms with Gasteiger partial charge >= 0.3 is 0 Å². The first-order valence-electron chi connectivity index (χ1n) is 6.74.